The smallest absolute Gasteiger partial charge is 0.418 e. The number of carbonyl (C=O) groups is 1. The molecule has 9 heteroatoms. The molecule has 1 atom stereocenters. The highest BCUT2D eigenvalue weighted by molar-refractivity contribution is 6.12. The van der Waals surface area contributed by atoms with Crippen LogP contribution in [0.1, 0.15) is 54.2 Å². The van der Waals surface area contributed by atoms with Crippen molar-refractivity contribution in [2.75, 3.05) is 5.32 Å². The van der Waals surface area contributed by atoms with Gasteiger partial charge in [0.15, 0.2) is 0 Å². The van der Waals surface area contributed by atoms with Crippen LogP contribution in [0.4, 0.5) is 32.0 Å². The van der Waals surface area contributed by atoms with E-state index in [2.05, 4.69) is 5.32 Å². The quantitative estimate of drug-likeness (QED) is 0.377. The van der Waals surface area contributed by atoms with Crippen LogP contribution in [0, 0.1) is 0 Å². The first-order valence-corrected chi connectivity index (χ1v) is 10.6. The van der Waals surface area contributed by atoms with Crippen LogP contribution in [0.25, 0.3) is 0 Å². The lowest BCUT2D eigenvalue weighted by molar-refractivity contribution is -0.138. The topological polar surface area (TPSA) is 49.3 Å². The molecule has 4 rings (SSSR count). The van der Waals surface area contributed by atoms with E-state index in [1.54, 1.807) is 20.8 Å². The van der Waals surface area contributed by atoms with E-state index >= 15 is 0 Å². The Bertz CT molecular complexity index is 1300. The third-order valence-electron chi connectivity index (χ3n) is 6.24. The molecule has 1 aliphatic rings. The molecule has 2 N–H and O–H groups in total. The molecule has 1 aliphatic heterocycles. The van der Waals surface area contributed by atoms with Crippen molar-refractivity contribution in [3.05, 3.63) is 94.0 Å². The summed E-state index contributed by atoms with van der Waals surface area (Å²) in [6.45, 7) is 5.42. The first-order valence-electron chi connectivity index (χ1n) is 10.6. The second-order valence-electron chi connectivity index (χ2n) is 9.49. The highest BCUT2D eigenvalue weighted by Crippen LogP contribution is 2.52. The Hall–Kier alpha value is -3.49. The van der Waals surface area contributed by atoms with Gasteiger partial charge in [0.05, 0.1) is 16.8 Å². The molecule has 184 valence electrons. The van der Waals surface area contributed by atoms with E-state index in [1.165, 1.54) is 24.3 Å². The molecule has 0 saturated heterocycles. The number of alkyl halides is 6. The minimum atomic E-state index is -4.78. The normalized spacial score (nSPS) is 18.4. The largest absolute Gasteiger partial charge is 0.508 e. The van der Waals surface area contributed by atoms with Crippen molar-refractivity contribution >= 4 is 11.6 Å². The molecule has 3 aromatic carbocycles. The van der Waals surface area contributed by atoms with E-state index in [0.29, 0.717) is 5.56 Å². The zero-order valence-corrected chi connectivity index (χ0v) is 18.9. The van der Waals surface area contributed by atoms with Crippen LogP contribution in [0.2, 0.25) is 0 Å². The Morgan fingerprint density at radius 2 is 1.37 bits per heavy atom. The van der Waals surface area contributed by atoms with Gasteiger partial charge in [0.2, 0.25) is 5.91 Å². The Balaban J connectivity index is 2.09. The van der Waals surface area contributed by atoms with Gasteiger partial charge in [-0.2, -0.15) is 26.3 Å². The van der Waals surface area contributed by atoms with Crippen LogP contribution in [0.5, 0.6) is 5.75 Å². The minimum Gasteiger partial charge on any atom is -0.508 e. The number of fused-ring (bicyclic) bond motifs is 1. The number of phenols is 1. The molecule has 3 nitrogen and oxygen atoms in total. The minimum absolute atomic E-state index is 0.0392. The van der Waals surface area contributed by atoms with Gasteiger partial charge in [-0.3, -0.25) is 4.79 Å². The van der Waals surface area contributed by atoms with Crippen molar-refractivity contribution in [2.45, 2.75) is 44.0 Å². The van der Waals surface area contributed by atoms with Crippen LogP contribution in [0.3, 0.4) is 0 Å². The summed E-state index contributed by atoms with van der Waals surface area (Å²) in [5, 5.41) is 12.8. The summed E-state index contributed by atoms with van der Waals surface area (Å²) in [6, 6.07) is 11.4. The molecule has 0 spiro atoms. The van der Waals surface area contributed by atoms with E-state index in [9.17, 15) is 36.2 Å². The van der Waals surface area contributed by atoms with Gasteiger partial charge in [0, 0.05) is 5.56 Å². The summed E-state index contributed by atoms with van der Waals surface area (Å²) >= 11 is 0. The van der Waals surface area contributed by atoms with Crippen molar-refractivity contribution < 1.29 is 36.2 Å². The number of para-hydroxylation sites is 1. The summed E-state index contributed by atoms with van der Waals surface area (Å²) in [7, 11) is 0. The van der Waals surface area contributed by atoms with Gasteiger partial charge in [-0.15, -0.1) is 0 Å². The Kier molecular flexibility index (Phi) is 5.46. The molecule has 0 aliphatic carbocycles. The number of halogens is 6. The van der Waals surface area contributed by atoms with Crippen LogP contribution in [-0.2, 0) is 28.0 Å². The lowest BCUT2D eigenvalue weighted by atomic mass is 9.68. The molecule has 35 heavy (non-hydrogen) atoms. The fourth-order valence-electron chi connectivity index (χ4n) is 4.58. The fourth-order valence-corrected chi connectivity index (χ4v) is 4.58. The number of rotatable bonds is 2. The number of nitrogens with one attached hydrogen (secondary N) is 1. The van der Waals surface area contributed by atoms with Crippen LogP contribution in [0.15, 0.2) is 60.7 Å². The standard InChI is InChI=1S/C26H21F6NO2/c1-23(2,3)19-13-16(11-12-20(19)34)24(14-7-9-15(10-8-14)25(27,28)29)17-5-4-6-18(26(30,31)32)21(17)33-22(24)35/h4-13,34H,1-3H3,(H,33,35). The molecule has 0 saturated carbocycles. The predicted octanol–water partition coefficient (Wildman–Crippen LogP) is 7.01. The third-order valence-corrected chi connectivity index (χ3v) is 6.24. The SMILES string of the molecule is CC(C)(C)c1cc(C2(c3ccc(C(F)(F)F)cc3)C(=O)Nc3c(C(F)(F)F)cccc32)ccc1O. The highest BCUT2D eigenvalue weighted by atomic mass is 19.4. The van der Waals surface area contributed by atoms with Gasteiger partial charge in [-0.1, -0.05) is 51.1 Å². The molecule has 0 fully saturated rings. The lowest BCUT2D eigenvalue weighted by Crippen LogP contribution is -2.37. The maximum atomic E-state index is 13.8. The van der Waals surface area contributed by atoms with E-state index in [-0.39, 0.29) is 22.4 Å². The van der Waals surface area contributed by atoms with Crippen molar-refractivity contribution in [1.29, 1.82) is 0 Å². The number of anilines is 1. The van der Waals surface area contributed by atoms with Crippen LogP contribution in [-0.4, -0.2) is 11.0 Å². The Morgan fingerprint density at radius 3 is 1.91 bits per heavy atom. The van der Waals surface area contributed by atoms with E-state index in [1.807, 2.05) is 0 Å². The Labute approximate surface area is 197 Å². The van der Waals surface area contributed by atoms with Crippen molar-refractivity contribution in [3.63, 3.8) is 0 Å². The monoisotopic (exact) mass is 493 g/mol. The number of phenolic OH excluding ortho intramolecular Hbond substituents is 1. The highest BCUT2D eigenvalue weighted by Gasteiger charge is 2.53. The maximum Gasteiger partial charge on any atom is 0.418 e. The maximum absolute atomic E-state index is 13.8. The number of hydrogen-bond donors (Lipinski definition) is 2. The van der Waals surface area contributed by atoms with Gasteiger partial charge < -0.3 is 10.4 Å². The van der Waals surface area contributed by atoms with Crippen LogP contribution < -0.4 is 5.32 Å². The fraction of sp³-hybridized carbons (Fsp3) is 0.269. The first kappa shape index (κ1) is 24.6. The number of carbonyl (C=O) groups excluding carboxylic acids is 1. The van der Waals surface area contributed by atoms with Crippen molar-refractivity contribution in [1.82, 2.24) is 0 Å². The molecule has 0 aromatic heterocycles. The average molecular weight is 493 g/mol. The summed E-state index contributed by atoms with van der Waals surface area (Å²) in [5.41, 5.74) is -4.29. The molecular weight excluding hydrogens is 472 g/mol. The first-order chi connectivity index (χ1) is 16.1. The molecule has 3 aromatic rings. The molecule has 0 radical (unpaired) electrons. The number of benzene rings is 3. The molecular formula is C26H21F6NO2. The van der Waals surface area contributed by atoms with Crippen molar-refractivity contribution in [2.24, 2.45) is 0 Å². The van der Waals surface area contributed by atoms with Gasteiger partial charge in [-0.25, -0.2) is 0 Å². The number of hydrogen-bond acceptors (Lipinski definition) is 2. The molecule has 1 heterocycles. The summed E-state index contributed by atoms with van der Waals surface area (Å²) in [4.78, 5) is 13.6. The summed E-state index contributed by atoms with van der Waals surface area (Å²) < 4.78 is 81.0. The van der Waals surface area contributed by atoms with E-state index in [0.717, 1.165) is 36.4 Å². The zero-order chi connectivity index (χ0) is 26.0. The molecule has 1 unspecified atom stereocenters. The second-order valence-corrected chi connectivity index (χ2v) is 9.49. The van der Waals surface area contributed by atoms with E-state index < -0.39 is 45.9 Å². The number of aromatic hydroxyl groups is 1. The molecule has 0 bridgehead atoms. The van der Waals surface area contributed by atoms with Gasteiger partial charge in [0.1, 0.15) is 11.2 Å². The van der Waals surface area contributed by atoms with E-state index in [4.69, 9.17) is 0 Å². The summed E-state index contributed by atoms with van der Waals surface area (Å²) in [5.74, 6) is -0.916. The van der Waals surface area contributed by atoms with Gasteiger partial charge in [0.25, 0.3) is 0 Å². The zero-order valence-electron chi connectivity index (χ0n) is 18.9. The lowest BCUT2D eigenvalue weighted by Gasteiger charge is -2.31. The predicted molar refractivity (Wildman–Crippen MR) is 118 cm³/mol. The summed E-state index contributed by atoms with van der Waals surface area (Å²) in [6.07, 6.45) is -9.41. The van der Waals surface area contributed by atoms with Gasteiger partial charge >= 0.3 is 12.4 Å². The average Bonchev–Trinajstić information content (AvgIpc) is 3.04. The molecule has 1 amide bonds. The third kappa shape index (κ3) is 3.92. The van der Waals surface area contributed by atoms with Gasteiger partial charge in [-0.05, 0) is 52.4 Å². The number of amides is 1. The Morgan fingerprint density at radius 1 is 0.771 bits per heavy atom. The van der Waals surface area contributed by atoms with Crippen molar-refractivity contribution in [3.8, 4) is 5.75 Å². The second kappa shape index (κ2) is 7.76. The van der Waals surface area contributed by atoms with Crippen LogP contribution >= 0.6 is 0 Å².